The van der Waals surface area contributed by atoms with Gasteiger partial charge < -0.3 is 27.0 Å². The van der Waals surface area contributed by atoms with Crippen molar-refractivity contribution in [2.24, 2.45) is 11.7 Å². The average Bonchev–Trinajstić information content (AvgIpc) is 2.93. The first-order valence-corrected chi connectivity index (χ1v) is 15.8. The van der Waals surface area contributed by atoms with Crippen LogP contribution in [0.3, 0.4) is 0 Å². The number of nitrogens with one attached hydrogen (secondary N) is 4. The molecule has 1 aromatic rings. The molecule has 0 saturated carbocycles. The van der Waals surface area contributed by atoms with Crippen molar-refractivity contribution >= 4 is 41.2 Å². The van der Waals surface area contributed by atoms with E-state index in [2.05, 4.69) is 21.3 Å². The van der Waals surface area contributed by atoms with Gasteiger partial charge in [-0.15, -0.1) is 0 Å². The van der Waals surface area contributed by atoms with E-state index < -0.39 is 41.9 Å². The number of hydrogen-bond acceptors (Lipinski definition) is 7. The summed E-state index contributed by atoms with van der Waals surface area (Å²) in [7, 11) is 0. The molecule has 0 aromatic heterocycles. The molecule has 0 aliphatic rings. The molecule has 6 N–H and O–H groups in total. The molecule has 1 aromatic carbocycles. The van der Waals surface area contributed by atoms with Gasteiger partial charge in [-0.05, 0) is 62.1 Å². The second-order valence-corrected chi connectivity index (χ2v) is 11.6. The summed E-state index contributed by atoms with van der Waals surface area (Å²) < 4.78 is 0. The van der Waals surface area contributed by atoms with Crippen LogP contribution < -0.4 is 27.0 Å². The minimum absolute atomic E-state index is 0.0620. The van der Waals surface area contributed by atoms with Gasteiger partial charge in [0, 0.05) is 19.8 Å². The smallest absolute Gasteiger partial charge is 0.243 e. The number of carbonyl (C=O) groups excluding carboxylic acids is 5. The molecule has 0 aliphatic heterocycles. The predicted molar refractivity (Wildman–Crippen MR) is 164 cm³/mol. The van der Waals surface area contributed by atoms with E-state index in [4.69, 9.17) is 5.73 Å². The van der Waals surface area contributed by atoms with Gasteiger partial charge in [-0.1, -0.05) is 51.1 Å². The molecule has 0 radical (unpaired) electrons. The number of ketones is 1. The molecule has 11 heteroatoms. The van der Waals surface area contributed by atoms with Gasteiger partial charge in [0.05, 0.1) is 6.04 Å². The number of benzene rings is 1. The van der Waals surface area contributed by atoms with Crippen molar-refractivity contribution in [1.29, 1.82) is 0 Å². The lowest BCUT2D eigenvalue weighted by molar-refractivity contribution is -0.134. The zero-order chi connectivity index (χ0) is 30.8. The minimum atomic E-state index is -0.972. The molecule has 0 aliphatic carbocycles. The maximum absolute atomic E-state index is 13.6. The van der Waals surface area contributed by atoms with Gasteiger partial charge in [0.2, 0.25) is 23.6 Å². The van der Waals surface area contributed by atoms with E-state index in [9.17, 15) is 24.0 Å². The number of carbonyl (C=O) groups is 5. The van der Waals surface area contributed by atoms with Crippen molar-refractivity contribution in [3.8, 4) is 0 Å². The van der Waals surface area contributed by atoms with Crippen LogP contribution in [0.2, 0.25) is 0 Å². The van der Waals surface area contributed by atoms with Gasteiger partial charge in [-0.3, -0.25) is 24.0 Å². The fraction of sp³-hybridized carbons (Fsp3) is 0.633. The molecule has 4 amide bonds. The third-order valence-corrected chi connectivity index (χ3v) is 7.20. The van der Waals surface area contributed by atoms with Gasteiger partial charge in [0.25, 0.3) is 0 Å². The van der Waals surface area contributed by atoms with Crippen molar-refractivity contribution in [2.75, 3.05) is 18.6 Å². The monoisotopic (exact) mass is 591 g/mol. The summed E-state index contributed by atoms with van der Waals surface area (Å²) in [5.74, 6) is -1.12. The van der Waals surface area contributed by atoms with E-state index in [1.165, 1.54) is 6.92 Å². The van der Waals surface area contributed by atoms with Crippen molar-refractivity contribution in [3.63, 3.8) is 0 Å². The van der Waals surface area contributed by atoms with Crippen molar-refractivity contribution in [2.45, 2.75) is 96.8 Å². The highest BCUT2D eigenvalue weighted by Gasteiger charge is 2.31. The van der Waals surface area contributed by atoms with Crippen LogP contribution in [0.15, 0.2) is 30.3 Å². The van der Waals surface area contributed by atoms with Crippen LogP contribution in [0.25, 0.3) is 0 Å². The molecule has 0 fully saturated rings. The summed E-state index contributed by atoms with van der Waals surface area (Å²) in [6.45, 7) is 7.46. The molecule has 0 saturated heterocycles. The molecule has 1 rings (SSSR count). The molecule has 4 atom stereocenters. The van der Waals surface area contributed by atoms with E-state index in [-0.39, 0.29) is 30.4 Å². The Bertz CT molecular complexity index is 975. The lowest BCUT2D eigenvalue weighted by Crippen LogP contribution is -2.58. The molecule has 0 bridgehead atoms. The summed E-state index contributed by atoms with van der Waals surface area (Å²) in [5, 5.41) is 11.2. The predicted octanol–water partition coefficient (Wildman–Crippen LogP) is 2.10. The van der Waals surface area contributed by atoms with Crippen molar-refractivity contribution in [3.05, 3.63) is 35.9 Å². The van der Waals surface area contributed by atoms with Crippen LogP contribution in [-0.2, 0) is 30.4 Å². The first-order valence-electron chi connectivity index (χ1n) is 14.5. The van der Waals surface area contributed by atoms with E-state index in [1.54, 1.807) is 18.7 Å². The van der Waals surface area contributed by atoms with E-state index in [0.717, 1.165) is 12.0 Å². The molecule has 10 nitrogen and oxygen atoms in total. The van der Waals surface area contributed by atoms with Gasteiger partial charge in [0.1, 0.15) is 18.1 Å². The highest BCUT2D eigenvalue weighted by molar-refractivity contribution is 7.98. The largest absolute Gasteiger partial charge is 0.345 e. The number of hydrogen-bond donors (Lipinski definition) is 5. The number of unbranched alkanes of at least 4 members (excludes halogenated alkanes) is 1. The normalized spacial score (nSPS) is 13.9. The fourth-order valence-corrected chi connectivity index (χ4v) is 4.85. The number of Topliss-reactive ketones (excluding diaryl/α,β-unsaturated/α-hetero) is 1. The van der Waals surface area contributed by atoms with E-state index in [1.807, 2.05) is 50.4 Å². The first-order chi connectivity index (χ1) is 19.5. The van der Waals surface area contributed by atoms with Crippen LogP contribution in [0.5, 0.6) is 0 Å². The third-order valence-electron chi connectivity index (χ3n) is 6.56. The Morgan fingerprint density at radius 3 is 1.95 bits per heavy atom. The fourth-order valence-electron chi connectivity index (χ4n) is 4.38. The lowest BCUT2D eigenvalue weighted by Gasteiger charge is -2.27. The summed E-state index contributed by atoms with van der Waals surface area (Å²) in [6, 6.07) is 5.94. The second-order valence-electron chi connectivity index (χ2n) is 10.6. The number of amides is 4. The summed E-state index contributed by atoms with van der Waals surface area (Å²) in [6.07, 6.45) is 5.04. The molecule has 41 heavy (non-hydrogen) atoms. The summed E-state index contributed by atoms with van der Waals surface area (Å²) in [5.41, 5.74) is 6.44. The van der Waals surface area contributed by atoms with Crippen LogP contribution in [0, 0.1) is 5.92 Å². The SMILES string of the molecule is CCC(=O)C(CCCCN)NC(=O)C(Cc1ccccc1)NC(=O)C(CC(C)C)NC(=O)C(CCSC)NC(C)=O. The Morgan fingerprint density at radius 2 is 1.39 bits per heavy atom. The topological polar surface area (TPSA) is 159 Å². The highest BCUT2D eigenvalue weighted by Crippen LogP contribution is 2.11. The second kappa shape index (κ2) is 20.0. The summed E-state index contributed by atoms with van der Waals surface area (Å²) in [4.78, 5) is 64.5. The maximum atomic E-state index is 13.6. The third kappa shape index (κ3) is 14.5. The zero-order valence-electron chi connectivity index (χ0n) is 25.2. The highest BCUT2D eigenvalue weighted by atomic mass is 32.2. The standard InChI is InChI=1S/C30H49N5O5S/c1-6-27(37)23(14-10-11-16-31)33-30(40)26(19-22-12-8-7-9-13-22)35-29(39)25(18-20(2)3)34-28(38)24(15-17-41-5)32-21(4)36/h7-9,12-13,20,23-26H,6,10-11,14-19,31H2,1-5H3,(H,32,36)(H,33,40)(H,34,38)(H,35,39). The van der Waals surface area contributed by atoms with Crippen LogP contribution in [-0.4, -0.2) is 72.1 Å². The Kier molecular flexibility index (Phi) is 17.6. The van der Waals surface area contributed by atoms with Gasteiger partial charge in [-0.2, -0.15) is 11.8 Å². The number of thioether (sulfide) groups is 1. The number of rotatable bonds is 20. The summed E-state index contributed by atoms with van der Waals surface area (Å²) >= 11 is 1.55. The molecule has 0 spiro atoms. The first kappa shape index (κ1) is 36.1. The quantitative estimate of drug-likeness (QED) is 0.145. The van der Waals surface area contributed by atoms with Crippen LogP contribution in [0.4, 0.5) is 0 Å². The minimum Gasteiger partial charge on any atom is -0.345 e. The van der Waals surface area contributed by atoms with E-state index >= 15 is 0 Å². The van der Waals surface area contributed by atoms with Gasteiger partial charge >= 0.3 is 0 Å². The number of nitrogens with two attached hydrogens (primary N) is 1. The Hall–Kier alpha value is -2.92. The Morgan fingerprint density at radius 1 is 0.805 bits per heavy atom. The molecule has 230 valence electrons. The molecule has 4 unspecified atom stereocenters. The van der Waals surface area contributed by atoms with Crippen molar-refractivity contribution < 1.29 is 24.0 Å². The Labute approximate surface area is 249 Å². The van der Waals surface area contributed by atoms with Crippen LogP contribution in [0.1, 0.15) is 71.8 Å². The molecule has 0 heterocycles. The van der Waals surface area contributed by atoms with Gasteiger partial charge in [-0.25, -0.2) is 0 Å². The maximum Gasteiger partial charge on any atom is 0.243 e. The molecular formula is C30H49N5O5S. The lowest BCUT2D eigenvalue weighted by atomic mass is 9.99. The zero-order valence-corrected chi connectivity index (χ0v) is 26.0. The van der Waals surface area contributed by atoms with Crippen LogP contribution >= 0.6 is 11.8 Å². The average molecular weight is 592 g/mol. The van der Waals surface area contributed by atoms with E-state index in [0.29, 0.717) is 38.0 Å². The Balaban J connectivity index is 3.19. The van der Waals surface area contributed by atoms with Gasteiger partial charge in [0.15, 0.2) is 5.78 Å². The molecular weight excluding hydrogens is 542 g/mol. The van der Waals surface area contributed by atoms with Crippen molar-refractivity contribution in [1.82, 2.24) is 21.3 Å².